The molecule has 0 fully saturated rings. The maximum absolute atomic E-state index is 13.6. The first kappa shape index (κ1) is 13.5. The van der Waals surface area contributed by atoms with Gasteiger partial charge in [0.05, 0.1) is 16.3 Å². The van der Waals surface area contributed by atoms with Gasteiger partial charge in [-0.3, -0.25) is 4.79 Å². The second kappa shape index (κ2) is 5.36. The third-order valence-electron chi connectivity index (χ3n) is 2.55. The summed E-state index contributed by atoms with van der Waals surface area (Å²) in [6.07, 6.45) is 0. The van der Waals surface area contributed by atoms with E-state index in [1.54, 1.807) is 13.0 Å². The molecular weight excluding hydrogens is 272 g/mol. The zero-order valence-corrected chi connectivity index (χ0v) is 10.8. The van der Waals surface area contributed by atoms with E-state index in [2.05, 4.69) is 5.32 Å². The molecule has 2 aromatic carbocycles. The summed E-state index contributed by atoms with van der Waals surface area (Å²) in [7, 11) is 0. The first-order chi connectivity index (χ1) is 8.97. The maximum Gasteiger partial charge on any atom is 0.258 e. The standard InChI is InChI=1S/C14H10ClF2NO/c1-8-2-4-10(12(17)6-8)14(19)18-13-5-3-9(16)7-11(13)15/h2-7H,1H3,(H,18,19). The fourth-order valence-corrected chi connectivity index (χ4v) is 1.80. The summed E-state index contributed by atoms with van der Waals surface area (Å²) < 4.78 is 26.5. The van der Waals surface area contributed by atoms with Gasteiger partial charge in [-0.05, 0) is 42.8 Å². The topological polar surface area (TPSA) is 29.1 Å². The van der Waals surface area contributed by atoms with Crippen molar-refractivity contribution in [2.75, 3.05) is 5.32 Å². The third kappa shape index (κ3) is 3.09. The molecule has 19 heavy (non-hydrogen) atoms. The van der Waals surface area contributed by atoms with Crippen molar-refractivity contribution in [1.29, 1.82) is 0 Å². The van der Waals surface area contributed by atoms with Crippen molar-refractivity contribution in [2.45, 2.75) is 6.92 Å². The minimum absolute atomic E-state index is 0.0564. The number of hydrogen-bond donors (Lipinski definition) is 1. The van der Waals surface area contributed by atoms with Crippen LogP contribution in [0.1, 0.15) is 15.9 Å². The van der Waals surface area contributed by atoms with Gasteiger partial charge in [-0.25, -0.2) is 8.78 Å². The first-order valence-corrected chi connectivity index (χ1v) is 5.88. The quantitative estimate of drug-likeness (QED) is 0.879. The lowest BCUT2D eigenvalue weighted by molar-refractivity contribution is 0.102. The molecule has 0 saturated carbocycles. The largest absolute Gasteiger partial charge is 0.321 e. The lowest BCUT2D eigenvalue weighted by Crippen LogP contribution is -2.14. The van der Waals surface area contributed by atoms with E-state index < -0.39 is 17.5 Å². The summed E-state index contributed by atoms with van der Waals surface area (Å²) in [4.78, 5) is 11.9. The van der Waals surface area contributed by atoms with Crippen LogP contribution in [0, 0.1) is 18.6 Å². The summed E-state index contributed by atoms with van der Waals surface area (Å²) in [5, 5.41) is 2.49. The van der Waals surface area contributed by atoms with E-state index in [0.717, 1.165) is 12.1 Å². The Morgan fingerprint density at radius 1 is 1.16 bits per heavy atom. The Balaban J connectivity index is 2.25. The first-order valence-electron chi connectivity index (χ1n) is 5.50. The van der Waals surface area contributed by atoms with Gasteiger partial charge >= 0.3 is 0 Å². The average Bonchev–Trinajstić information content (AvgIpc) is 2.32. The van der Waals surface area contributed by atoms with Crippen LogP contribution >= 0.6 is 11.6 Å². The van der Waals surface area contributed by atoms with Crippen molar-refractivity contribution in [3.05, 3.63) is 64.2 Å². The van der Waals surface area contributed by atoms with Gasteiger partial charge in [-0.1, -0.05) is 17.7 Å². The fourth-order valence-electron chi connectivity index (χ4n) is 1.58. The van der Waals surface area contributed by atoms with Crippen molar-refractivity contribution in [1.82, 2.24) is 0 Å². The van der Waals surface area contributed by atoms with E-state index in [1.807, 2.05) is 0 Å². The van der Waals surface area contributed by atoms with Gasteiger partial charge in [0.25, 0.3) is 5.91 Å². The van der Waals surface area contributed by atoms with Gasteiger partial charge in [-0.15, -0.1) is 0 Å². The number of anilines is 1. The van der Waals surface area contributed by atoms with Crippen LogP contribution in [-0.2, 0) is 0 Å². The molecule has 0 aliphatic carbocycles. The minimum Gasteiger partial charge on any atom is -0.321 e. The molecule has 0 radical (unpaired) electrons. The molecule has 1 amide bonds. The molecular formula is C14H10ClF2NO. The molecule has 0 bridgehead atoms. The summed E-state index contributed by atoms with van der Waals surface area (Å²) in [6, 6.07) is 7.83. The molecule has 0 unspecified atom stereocenters. The van der Waals surface area contributed by atoms with Gasteiger partial charge in [0.1, 0.15) is 11.6 Å². The smallest absolute Gasteiger partial charge is 0.258 e. The minimum atomic E-state index is -0.633. The molecule has 2 nitrogen and oxygen atoms in total. The second-order valence-corrected chi connectivity index (χ2v) is 4.47. The second-order valence-electron chi connectivity index (χ2n) is 4.06. The number of benzene rings is 2. The zero-order chi connectivity index (χ0) is 14.0. The summed E-state index contributed by atoms with van der Waals surface area (Å²) >= 11 is 5.78. The van der Waals surface area contributed by atoms with Crippen LogP contribution in [-0.4, -0.2) is 5.91 Å². The van der Waals surface area contributed by atoms with Gasteiger partial charge in [-0.2, -0.15) is 0 Å². The maximum atomic E-state index is 13.6. The predicted molar refractivity (Wildman–Crippen MR) is 70.5 cm³/mol. The summed E-state index contributed by atoms with van der Waals surface area (Å²) in [5.41, 5.74) is 0.855. The van der Waals surface area contributed by atoms with E-state index in [0.29, 0.717) is 5.56 Å². The highest BCUT2D eigenvalue weighted by Crippen LogP contribution is 2.23. The Hall–Kier alpha value is -1.94. The average molecular weight is 282 g/mol. The van der Waals surface area contributed by atoms with Crippen LogP contribution in [0.2, 0.25) is 5.02 Å². The molecule has 0 saturated heterocycles. The Morgan fingerprint density at radius 3 is 2.53 bits per heavy atom. The highest BCUT2D eigenvalue weighted by Gasteiger charge is 2.13. The lowest BCUT2D eigenvalue weighted by Gasteiger charge is -2.08. The van der Waals surface area contributed by atoms with Gasteiger partial charge < -0.3 is 5.32 Å². The summed E-state index contributed by atoms with van der Waals surface area (Å²) in [6.45, 7) is 1.72. The van der Waals surface area contributed by atoms with E-state index in [-0.39, 0.29) is 16.3 Å². The number of rotatable bonds is 2. The number of aryl methyl sites for hydroxylation is 1. The van der Waals surface area contributed by atoms with Crippen LogP contribution in [0.25, 0.3) is 0 Å². The van der Waals surface area contributed by atoms with Crippen LogP contribution in [0.4, 0.5) is 14.5 Å². The molecule has 0 aliphatic heterocycles. The molecule has 98 valence electrons. The molecule has 0 aromatic heterocycles. The lowest BCUT2D eigenvalue weighted by atomic mass is 10.1. The molecule has 0 atom stereocenters. The zero-order valence-electron chi connectivity index (χ0n) is 10.0. The Bertz CT molecular complexity index is 643. The highest BCUT2D eigenvalue weighted by atomic mass is 35.5. The molecule has 0 spiro atoms. The highest BCUT2D eigenvalue weighted by molar-refractivity contribution is 6.33. The Morgan fingerprint density at radius 2 is 1.89 bits per heavy atom. The van der Waals surface area contributed by atoms with Crippen LogP contribution < -0.4 is 5.32 Å². The molecule has 2 rings (SSSR count). The van der Waals surface area contributed by atoms with Crippen molar-refractivity contribution < 1.29 is 13.6 Å². The van der Waals surface area contributed by atoms with Crippen molar-refractivity contribution in [2.24, 2.45) is 0 Å². The van der Waals surface area contributed by atoms with Crippen molar-refractivity contribution >= 4 is 23.2 Å². The number of nitrogens with one attached hydrogen (secondary N) is 1. The molecule has 0 aliphatic rings. The Labute approximate surface area is 114 Å². The van der Waals surface area contributed by atoms with Crippen LogP contribution in [0.3, 0.4) is 0 Å². The van der Waals surface area contributed by atoms with Gasteiger partial charge in [0.2, 0.25) is 0 Å². The van der Waals surface area contributed by atoms with E-state index in [1.165, 1.54) is 18.2 Å². The number of amides is 1. The SMILES string of the molecule is Cc1ccc(C(=O)Nc2ccc(F)cc2Cl)c(F)c1. The number of halogens is 3. The number of carbonyl (C=O) groups excluding carboxylic acids is 1. The third-order valence-corrected chi connectivity index (χ3v) is 2.86. The monoisotopic (exact) mass is 281 g/mol. The van der Waals surface area contributed by atoms with Crippen molar-refractivity contribution in [3.63, 3.8) is 0 Å². The molecule has 1 N–H and O–H groups in total. The van der Waals surface area contributed by atoms with Gasteiger partial charge in [0.15, 0.2) is 0 Å². The van der Waals surface area contributed by atoms with E-state index in [9.17, 15) is 13.6 Å². The van der Waals surface area contributed by atoms with E-state index >= 15 is 0 Å². The van der Waals surface area contributed by atoms with Gasteiger partial charge in [0, 0.05) is 0 Å². The van der Waals surface area contributed by atoms with Crippen molar-refractivity contribution in [3.8, 4) is 0 Å². The molecule has 5 heteroatoms. The molecule has 2 aromatic rings. The number of carbonyl (C=O) groups is 1. The predicted octanol–water partition coefficient (Wildman–Crippen LogP) is 4.18. The van der Waals surface area contributed by atoms with Crippen LogP contribution in [0.5, 0.6) is 0 Å². The number of hydrogen-bond acceptors (Lipinski definition) is 1. The van der Waals surface area contributed by atoms with E-state index in [4.69, 9.17) is 11.6 Å². The molecule has 0 heterocycles. The summed E-state index contributed by atoms with van der Waals surface area (Å²) in [5.74, 6) is -1.76. The Kier molecular flexibility index (Phi) is 3.81. The van der Waals surface area contributed by atoms with Crippen LogP contribution in [0.15, 0.2) is 36.4 Å². The normalized spacial score (nSPS) is 10.3. The fraction of sp³-hybridized carbons (Fsp3) is 0.0714.